The molecule has 100 valence electrons. The smallest absolute Gasteiger partial charge is 0.184 e. The number of allylic oxidation sites excluding steroid dienone is 1. The molecule has 0 aromatic heterocycles. The zero-order valence-electron chi connectivity index (χ0n) is 11.0. The number of ketones is 1. The molecule has 0 radical (unpaired) electrons. The zero-order chi connectivity index (χ0) is 14.5. The predicted octanol–water partition coefficient (Wildman–Crippen LogP) is 4.20. The van der Waals surface area contributed by atoms with Gasteiger partial charge in [-0.15, -0.1) is 11.7 Å². The second-order valence-electron chi connectivity index (χ2n) is 4.48. The molecule has 0 N–H and O–H groups in total. The van der Waals surface area contributed by atoms with Crippen molar-refractivity contribution in [1.82, 2.24) is 0 Å². The Morgan fingerprint density at radius 2 is 2.00 bits per heavy atom. The molecule has 0 unspecified atom stereocenters. The molecular formula is C16H13NOS2. The maximum atomic E-state index is 11.7. The Kier molecular flexibility index (Phi) is 4.89. The van der Waals surface area contributed by atoms with Crippen LogP contribution in [0.15, 0.2) is 42.0 Å². The Labute approximate surface area is 127 Å². The summed E-state index contributed by atoms with van der Waals surface area (Å²) in [5.41, 5.74) is 2.23. The topological polar surface area (TPSA) is 40.9 Å². The number of carbonyl (C=O) groups excluding carboxylic acids is 1. The number of fused-ring (bicyclic) bond motifs is 1. The molecule has 0 aliphatic carbocycles. The number of hydrogen-bond acceptors (Lipinski definition) is 4. The lowest BCUT2D eigenvalue weighted by atomic mass is 10.0. The first-order chi connectivity index (χ1) is 9.63. The third-order valence-corrected chi connectivity index (χ3v) is 3.73. The zero-order valence-corrected chi connectivity index (χ0v) is 12.7. The molecule has 0 atom stereocenters. The maximum absolute atomic E-state index is 11.7. The molecule has 0 spiro atoms. The lowest BCUT2D eigenvalue weighted by Crippen LogP contribution is -2.02. The van der Waals surface area contributed by atoms with E-state index in [0.29, 0.717) is 0 Å². The molecule has 0 aliphatic heterocycles. The molecule has 0 saturated heterocycles. The van der Waals surface area contributed by atoms with E-state index in [2.05, 4.69) is 24.7 Å². The first-order valence-corrected chi connectivity index (χ1v) is 8.09. The fourth-order valence-corrected chi connectivity index (χ4v) is 2.58. The molecule has 2 rings (SSSR count). The highest BCUT2D eigenvalue weighted by molar-refractivity contribution is 8.68. The summed E-state index contributed by atoms with van der Waals surface area (Å²) >= 11 is 3.94. The Balaban J connectivity index is 2.40. The monoisotopic (exact) mass is 299 g/mol. The summed E-state index contributed by atoms with van der Waals surface area (Å²) in [6, 6.07) is 14.0. The lowest BCUT2D eigenvalue weighted by molar-refractivity contribution is -0.112. The van der Waals surface area contributed by atoms with Gasteiger partial charge in [-0.25, -0.2) is 0 Å². The summed E-state index contributed by atoms with van der Waals surface area (Å²) in [7, 11) is 1.12. The molecule has 0 saturated carbocycles. The number of nitriles is 1. The highest BCUT2D eigenvalue weighted by Crippen LogP contribution is 2.20. The average molecular weight is 299 g/mol. The summed E-state index contributed by atoms with van der Waals surface area (Å²) < 4.78 is 0. The van der Waals surface area contributed by atoms with E-state index in [1.165, 1.54) is 5.56 Å². The summed E-state index contributed by atoms with van der Waals surface area (Å²) in [5, 5.41) is 11.3. The van der Waals surface area contributed by atoms with E-state index in [4.69, 9.17) is 5.26 Å². The van der Waals surface area contributed by atoms with Crippen LogP contribution < -0.4 is 0 Å². The van der Waals surface area contributed by atoms with Crippen molar-refractivity contribution in [2.75, 3.05) is 5.75 Å². The van der Waals surface area contributed by atoms with E-state index in [0.717, 1.165) is 27.1 Å². The van der Waals surface area contributed by atoms with Gasteiger partial charge in [0, 0.05) is 0 Å². The van der Waals surface area contributed by atoms with E-state index in [1.807, 2.05) is 36.4 Å². The van der Waals surface area contributed by atoms with Crippen LogP contribution in [0.3, 0.4) is 0 Å². The van der Waals surface area contributed by atoms with Crippen molar-refractivity contribution in [3.63, 3.8) is 0 Å². The van der Waals surface area contributed by atoms with Crippen LogP contribution in [0.1, 0.15) is 11.1 Å². The Bertz CT molecular complexity index is 729. The van der Waals surface area contributed by atoms with Gasteiger partial charge in [0.25, 0.3) is 0 Å². The highest BCUT2D eigenvalue weighted by atomic mass is 33.1. The lowest BCUT2D eigenvalue weighted by Gasteiger charge is -2.02. The fourth-order valence-electron chi connectivity index (χ4n) is 1.95. The van der Waals surface area contributed by atoms with Crippen molar-refractivity contribution >= 4 is 45.1 Å². The summed E-state index contributed by atoms with van der Waals surface area (Å²) in [6.45, 7) is 2.05. The number of thiol groups is 1. The fraction of sp³-hybridized carbons (Fsp3) is 0.125. The van der Waals surface area contributed by atoms with Crippen LogP contribution in [0.4, 0.5) is 0 Å². The van der Waals surface area contributed by atoms with E-state index >= 15 is 0 Å². The predicted molar refractivity (Wildman–Crippen MR) is 88.7 cm³/mol. The van der Waals surface area contributed by atoms with Crippen molar-refractivity contribution in [3.05, 3.63) is 53.1 Å². The normalized spacial score (nSPS) is 11.3. The molecular weight excluding hydrogens is 286 g/mol. The molecule has 2 nitrogen and oxygen atoms in total. The van der Waals surface area contributed by atoms with Gasteiger partial charge in [-0.2, -0.15) is 5.26 Å². The van der Waals surface area contributed by atoms with Gasteiger partial charge in [0.15, 0.2) is 5.78 Å². The molecule has 0 aliphatic rings. The van der Waals surface area contributed by atoms with Gasteiger partial charge in [-0.1, -0.05) is 46.7 Å². The Morgan fingerprint density at radius 3 is 2.70 bits per heavy atom. The van der Waals surface area contributed by atoms with E-state index in [9.17, 15) is 4.79 Å². The molecule has 4 heteroatoms. The van der Waals surface area contributed by atoms with Gasteiger partial charge in [0.1, 0.15) is 6.07 Å². The maximum Gasteiger partial charge on any atom is 0.184 e. The van der Waals surface area contributed by atoms with E-state index < -0.39 is 0 Å². The van der Waals surface area contributed by atoms with Crippen molar-refractivity contribution in [2.45, 2.75) is 6.92 Å². The number of nitrogens with zero attached hydrogens (tertiary/aromatic N) is 1. The Hall–Kier alpha value is -1.70. The summed E-state index contributed by atoms with van der Waals surface area (Å²) in [6.07, 6.45) is 1.63. The first-order valence-electron chi connectivity index (χ1n) is 6.06. The molecule has 0 fully saturated rings. The third kappa shape index (κ3) is 3.44. The minimum atomic E-state index is -0.198. The number of benzene rings is 2. The standard InChI is InChI=1S/C16H13NOS2/c1-11-2-4-14-7-12(3-5-13(14)6-11)8-15(9-17)16(18)10-20-19/h2-8,19H,10H2,1H3/b15-8+. The summed E-state index contributed by atoms with van der Waals surface area (Å²) in [5.74, 6) is 0.00597. The van der Waals surface area contributed by atoms with Gasteiger partial charge in [0.2, 0.25) is 0 Å². The van der Waals surface area contributed by atoms with Gasteiger partial charge < -0.3 is 0 Å². The van der Waals surface area contributed by atoms with Crippen LogP contribution in [-0.4, -0.2) is 11.5 Å². The second kappa shape index (κ2) is 6.65. The van der Waals surface area contributed by atoms with Crippen molar-refractivity contribution in [2.24, 2.45) is 0 Å². The number of carbonyl (C=O) groups is 1. The Morgan fingerprint density at radius 1 is 1.30 bits per heavy atom. The SMILES string of the molecule is Cc1ccc2cc(/C=C(\C#N)C(=O)CSS)ccc2c1. The van der Waals surface area contributed by atoms with Gasteiger partial charge in [-0.3, -0.25) is 4.79 Å². The van der Waals surface area contributed by atoms with Crippen molar-refractivity contribution in [1.29, 1.82) is 5.26 Å². The molecule has 0 amide bonds. The molecule has 2 aromatic carbocycles. The van der Waals surface area contributed by atoms with Crippen LogP contribution in [0, 0.1) is 18.3 Å². The highest BCUT2D eigenvalue weighted by Gasteiger charge is 2.08. The quantitative estimate of drug-likeness (QED) is 0.398. The molecule has 2 aromatic rings. The summed E-state index contributed by atoms with van der Waals surface area (Å²) in [4.78, 5) is 11.7. The van der Waals surface area contributed by atoms with Crippen LogP contribution in [0.2, 0.25) is 0 Å². The van der Waals surface area contributed by atoms with Gasteiger partial charge in [-0.05, 0) is 35.4 Å². The molecule has 20 heavy (non-hydrogen) atoms. The number of hydrogen-bond donors (Lipinski definition) is 1. The van der Waals surface area contributed by atoms with E-state index in [1.54, 1.807) is 6.08 Å². The number of rotatable bonds is 4. The first kappa shape index (κ1) is 14.7. The van der Waals surface area contributed by atoms with Crippen molar-refractivity contribution in [3.8, 4) is 6.07 Å². The van der Waals surface area contributed by atoms with E-state index in [-0.39, 0.29) is 17.1 Å². The van der Waals surface area contributed by atoms with Gasteiger partial charge in [0.05, 0.1) is 11.3 Å². The number of aryl methyl sites for hydroxylation is 1. The second-order valence-corrected chi connectivity index (χ2v) is 5.80. The number of Topliss-reactive ketones (excluding diaryl/α,β-unsaturated/α-hetero) is 1. The third-order valence-electron chi connectivity index (χ3n) is 2.95. The minimum absolute atomic E-state index is 0.165. The minimum Gasteiger partial charge on any atom is -0.292 e. The molecule has 0 heterocycles. The van der Waals surface area contributed by atoms with Crippen molar-refractivity contribution < 1.29 is 4.79 Å². The van der Waals surface area contributed by atoms with Crippen LogP contribution in [0.5, 0.6) is 0 Å². The van der Waals surface area contributed by atoms with Crippen LogP contribution in [-0.2, 0) is 4.79 Å². The van der Waals surface area contributed by atoms with Crippen LogP contribution in [0.25, 0.3) is 16.8 Å². The van der Waals surface area contributed by atoms with Gasteiger partial charge >= 0.3 is 0 Å². The largest absolute Gasteiger partial charge is 0.292 e. The van der Waals surface area contributed by atoms with Crippen LogP contribution >= 0.6 is 22.5 Å². The molecule has 0 bridgehead atoms. The average Bonchev–Trinajstić information content (AvgIpc) is 2.45.